The van der Waals surface area contributed by atoms with Crippen LogP contribution < -0.4 is 5.73 Å². The molecule has 0 aliphatic heterocycles. The van der Waals surface area contributed by atoms with Crippen molar-refractivity contribution in [3.8, 4) is 0 Å². The molecule has 0 heterocycles. The van der Waals surface area contributed by atoms with Crippen LogP contribution in [0.25, 0.3) is 0 Å². The van der Waals surface area contributed by atoms with Gasteiger partial charge in [-0.05, 0) is 40.0 Å². The lowest BCUT2D eigenvalue weighted by Gasteiger charge is -2.11. The molecule has 1 unspecified atom stereocenters. The first-order chi connectivity index (χ1) is 6.45. The highest BCUT2D eigenvalue weighted by Crippen LogP contribution is 2.26. The number of halogens is 2. The minimum atomic E-state index is -1.13. The molecule has 14 heavy (non-hydrogen) atoms. The summed E-state index contributed by atoms with van der Waals surface area (Å²) in [5.74, 6) is -1.56. The first-order valence-electron chi connectivity index (χ1n) is 3.88. The third-order valence-electron chi connectivity index (χ3n) is 1.98. The van der Waals surface area contributed by atoms with Crippen molar-refractivity contribution in [2.75, 3.05) is 0 Å². The smallest absolute Gasteiger partial charge is 0.325 e. The predicted octanol–water partition coefficient (Wildman–Crippen LogP) is 1.98. The number of hydrogen-bond donors (Lipinski definition) is 2. The number of benzene rings is 1. The Balaban J connectivity index is 3.24. The molecule has 1 aromatic rings. The Bertz CT molecular complexity index is 381. The predicted molar refractivity (Wildman–Crippen MR) is 53.4 cm³/mol. The van der Waals surface area contributed by atoms with Crippen molar-refractivity contribution < 1.29 is 14.3 Å². The van der Waals surface area contributed by atoms with E-state index in [1.807, 2.05) is 0 Å². The van der Waals surface area contributed by atoms with Gasteiger partial charge in [-0.25, -0.2) is 4.39 Å². The van der Waals surface area contributed by atoms with Gasteiger partial charge in [0.25, 0.3) is 0 Å². The van der Waals surface area contributed by atoms with Crippen LogP contribution in [0.2, 0.25) is 0 Å². The molecule has 76 valence electrons. The van der Waals surface area contributed by atoms with Crippen LogP contribution >= 0.6 is 15.9 Å². The van der Waals surface area contributed by atoms with Gasteiger partial charge in [-0.15, -0.1) is 0 Å². The topological polar surface area (TPSA) is 63.3 Å². The van der Waals surface area contributed by atoms with E-state index in [1.54, 1.807) is 6.92 Å². The molecule has 1 rings (SSSR count). The molecular weight excluding hydrogens is 253 g/mol. The Morgan fingerprint density at radius 1 is 1.64 bits per heavy atom. The summed E-state index contributed by atoms with van der Waals surface area (Å²) in [5, 5.41) is 8.69. The lowest BCUT2D eigenvalue weighted by Crippen LogP contribution is -2.21. The zero-order valence-electron chi connectivity index (χ0n) is 7.42. The van der Waals surface area contributed by atoms with Crippen molar-refractivity contribution in [2.24, 2.45) is 5.73 Å². The van der Waals surface area contributed by atoms with Gasteiger partial charge in [0.15, 0.2) is 0 Å². The minimum Gasteiger partial charge on any atom is -0.480 e. The van der Waals surface area contributed by atoms with Crippen LogP contribution in [-0.4, -0.2) is 11.1 Å². The van der Waals surface area contributed by atoms with E-state index in [1.165, 1.54) is 12.1 Å². The molecule has 0 amide bonds. The van der Waals surface area contributed by atoms with E-state index < -0.39 is 17.8 Å². The number of nitrogens with two attached hydrogens (primary N) is 1. The van der Waals surface area contributed by atoms with Gasteiger partial charge in [0, 0.05) is 0 Å². The van der Waals surface area contributed by atoms with Gasteiger partial charge in [0.2, 0.25) is 0 Å². The average molecular weight is 262 g/mol. The molecule has 5 heteroatoms. The van der Waals surface area contributed by atoms with Crippen molar-refractivity contribution in [1.29, 1.82) is 0 Å². The third-order valence-corrected chi connectivity index (χ3v) is 2.96. The van der Waals surface area contributed by atoms with E-state index in [4.69, 9.17) is 10.8 Å². The van der Waals surface area contributed by atoms with Gasteiger partial charge in [0.05, 0.1) is 4.47 Å². The Morgan fingerprint density at radius 2 is 2.21 bits per heavy atom. The molecule has 0 aromatic heterocycles. The maximum atomic E-state index is 13.0. The molecule has 0 aliphatic carbocycles. The van der Waals surface area contributed by atoms with Crippen LogP contribution in [-0.2, 0) is 4.79 Å². The fourth-order valence-corrected chi connectivity index (χ4v) is 1.50. The summed E-state index contributed by atoms with van der Waals surface area (Å²) in [6.45, 7) is 1.62. The minimum absolute atomic E-state index is 0.256. The monoisotopic (exact) mass is 261 g/mol. The van der Waals surface area contributed by atoms with Gasteiger partial charge >= 0.3 is 5.97 Å². The van der Waals surface area contributed by atoms with E-state index in [9.17, 15) is 9.18 Å². The second-order valence-corrected chi connectivity index (χ2v) is 3.68. The number of hydrogen-bond acceptors (Lipinski definition) is 2. The summed E-state index contributed by atoms with van der Waals surface area (Å²) in [7, 11) is 0. The molecule has 0 aliphatic rings. The van der Waals surface area contributed by atoms with Crippen LogP contribution in [0.5, 0.6) is 0 Å². The molecule has 3 nitrogen and oxygen atoms in total. The molecule has 0 radical (unpaired) electrons. The summed E-state index contributed by atoms with van der Waals surface area (Å²) >= 11 is 3.02. The summed E-state index contributed by atoms with van der Waals surface area (Å²) < 4.78 is 13.2. The zero-order valence-corrected chi connectivity index (χ0v) is 9.01. The van der Waals surface area contributed by atoms with Gasteiger partial charge in [-0.1, -0.05) is 6.07 Å². The number of rotatable bonds is 2. The maximum absolute atomic E-state index is 13.0. The van der Waals surface area contributed by atoms with Crippen LogP contribution in [0.1, 0.15) is 17.2 Å². The van der Waals surface area contributed by atoms with Gasteiger partial charge in [-0.3, -0.25) is 4.79 Å². The molecule has 0 saturated carbocycles. The largest absolute Gasteiger partial charge is 0.480 e. The quantitative estimate of drug-likeness (QED) is 0.856. The molecule has 1 aromatic carbocycles. The Hall–Kier alpha value is -0.940. The number of carboxylic acid groups (broad SMARTS) is 1. The highest BCUT2D eigenvalue weighted by Gasteiger charge is 2.18. The van der Waals surface area contributed by atoms with Crippen molar-refractivity contribution in [1.82, 2.24) is 0 Å². The number of aliphatic carboxylic acids is 1. The van der Waals surface area contributed by atoms with Crippen molar-refractivity contribution in [2.45, 2.75) is 13.0 Å². The second-order valence-electron chi connectivity index (χ2n) is 2.89. The highest BCUT2D eigenvalue weighted by molar-refractivity contribution is 9.10. The summed E-state index contributed by atoms with van der Waals surface area (Å²) in [5.41, 5.74) is 6.34. The Labute approximate surface area is 88.9 Å². The summed E-state index contributed by atoms with van der Waals surface area (Å²) in [6.07, 6.45) is 0. The fourth-order valence-electron chi connectivity index (χ4n) is 1.14. The lowest BCUT2D eigenvalue weighted by atomic mass is 10.0. The zero-order chi connectivity index (χ0) is 10.9. The van der Waals surface area contributed by atoms with Crippen LogP contribution in [0.15, 0.2) is 16.6 Å². The molecule has 0 spiro atoms. The standard InChI is InChI=1S/C9H9BrFNO2/c1-4-5(8(12)9(13)14)2-3-6(11)7(4)10/h2-3,8H,12H2,1H3,(H,13,14). The van der Waals surface area contributed by atoms with Crippen molar-refractivity contribution in [3.05, 3.63) is 33.5 Å². The second kappa shape index (κ2) is 4.06. The van der Waals surface area contributed by atoms with Crippen LogP contribution in [0.4, 0.5) is 4.39 Å². The first kappa shape index (κ1) is 11.1. The average Bonchev–Trinajstić information content (AvgIpc) is 2.13. The van der Waals surface area contributed by atoms with Crippen molar-refractivity contribution >= 4 is 21.9 Å². The maximum Gasteiger partial charge on any atom is 0.325 e. The number of carbonyl (C=O) groups is 1. The van der Waals surface area contributed by atoms with E-state index in [-0.39, 0.29) is 4.47 Å². The molecular formula is C9H9BrFNO2. The Morgan fingerprint density at radius 3 is 2.71 bits per heavy atom. The fraction of sp³-hybridized carbons (Fsp3) is 0.222. The normalized spacial score (nSPS) is 12.6. The number of carboxylic acids is 1. The molecule has 0 bridgehead atoms. The van der Waals surface area contributed by atoms with Gasteiger partial charge in [-0.2, -0.15) is 0 Å². The van der Waals surface area contributed by atoms with Crippen molar-refractivity contribution in [3.63, 3.8) is 0 Å². The van der Waals surface area contributed by atoms with Gasteiger partial charge in [0.1, 0.15) is 11.9 Å². The van der Waals surface area contributed by atoms with E-state index in [0.717, 1.165) is 0 Å². The van der Waals surface area contributed by atoms with Crippen LogP contribution in [0, 0.1) is 12.7 Å². The van der Waals surface area contributed by atoms with E-state index >= 15 is 0 Å². The lowest BCUT2D eigenvalue weighted by molar-refractivity contribution is -0.138. The SMILES string of the molecule is Cc1c(C(N)C(=O)O)ccc(F)c1Br. The highest BCUT2D eigenvalue weighted by atomic mass is 79.9. The van der Waals surface area contributed by atoms with E-state index in [0.29, 0.717) is 11.1 Å². The summed E-state index contributed by atoms with van der Waals surface area (Å²) in [6, 6.07) is 1.45. The molecule has 0 saturated heterocycles. The summed E-state index contributed by atoms with van der Waals surface area (Å²) in [4.78, 5) is 10.6. The van der Waals surface area contributed by atoms with Crippen LogP contribution in [0.3, 0.4) is 0 Å². The molecule has 3 N–H and O–H groups in total. The molecule has 0 fully saturated rings. The molecule has 1 atom stereocenters. The Kier molecular flexibility index (Phi) is 3.23. The van der Waals surface area contributed by atoms with E-state index in [2.05, 4.69) is 15.9 Å². The van der Waals surface area contributed by atoms with Gasteiger partial charge < -0.3 is 10.8 Å². The first-order valence-corrected chi connectivity index (χ1v) is 4.67. The third kappa shape index (κ3) is 1.93.